The molecule has 1 atom stereocenters. The van der Waals surface area contributed by atoms with Crippen LogP contribution in [0.25, 0.3) is 0 Å². The normalized spacial score (nSPS) is 20.1. The molecule has 0 bridgehead atoms. The van der Waals surface area contributed by atoms with Gasteiger partial charge in [0.05, 0.1) is 0 Å². The Balaban J connectivity index is 2.41. The third-order valence-electron chi connectivity index (χ3n) is 4.02. The summed E-state index contributed by atoms with van der Waals surface area (Å²) in [4.78, 5) is 0. The third-order valence-corrected chi connectivity index (χ3v) is 4.02. The maximum Gasteiger partial charge on any atom is 0.0341 e. The Labute approximate surface area is 117 Å². The second-order valence-electron chi connectivity index (χ2n) is 6.09. The van der Waals surface area contributed by atoms with Gasteiger partial charge >= 0.3 is 0 Å². The van der Waals surface area contributed by atoms with Gasteiger partial charge in [0.2, 0.25) is 0 Å². The predicted molar refractivity (Wildman–Crippen MR) is 82.8 cm³/mol. The zero-order chi connectivity index (χ0) is 14.0. The van der Waals surface area contributed by atoms with Crippen LogP contribution in [0.15, 0.2) is 53.3 Å². The van der Waals surface area contributed by atoms with Crippen LogP contribution in [0, 0.1) is 11.8 Å². The van der Waals surface area contributed by atoms with Gasteiger partial charge < -0.3 is 5.73 Å². The van der Waals surface area contributed by atoms with Gasteiger partial charge in [-0.3, -0.25) is 0 Å². The number of rotatable bonds is 3. The van der Waals surface area contributed by atoms with Gasteiger partial charge in [-0.1, -0.05) is 64.1 Å². The number of hydrogen-bond donors (Lipinski definition) is 1. The first-order valence-electron chi connectivity index (χ1n) is 7.26. The summed E-state index contributed by atoms with van der Waals surface area (Å²) in [6, 6.07) is 10.8. The van der Waals surface area contributed by atoms with Crippen molar-refractivity contribution in [2.24, 2.45) is 17.6 Å². The van der Waals surface area contributed by atoms with Crippen LogP contribution in [0.3, 0.4) is 0 Å². The molecule has 0 saturated carbocycles. The topological polar surface area (TPSA) is 26.0 Å². The lowest BCUT2D eigenvalue weighted by atomic mass is 9.77. The lowest BCUT2D eigenvalue weighted by Gasteiger charge is -2.29. The Morgan fingerprint density at radius 3 is 2.16 bits per heavy atom. The van der Waals surface area contributed by atoms with E-state index in [1.54, 1.807) is 0 Å². The van der Waals surface area contributed by atoms with Crippen molar-refractivity contribution in [3.8, 4) is 0 Å². The summed E-state index contributed by atoms with van der Waals surface area (Å²) in [5.41, 5.74) is 11.6. The van der Waals surface area contributed by atoms with Crippen molar-refractivity contribution in [1.82, 2.24) is 0 Å². The van der Waals surface area contributed by atoms with E-state index >= 15 is 0 Å². The number of hydrogen-bond acceptors (Lipinski definition) is 1. The summed E-state index contributed by atoms with van der Waals surface area (Å²) in [5.74, 6) is 1.48. The zero-order valence-corrected chi connectivity index (χ0v) is 12.5. The van der Waals surface area contributed by atoms with E-state index < -0.39 is 0 Å². The quantitative estimate of drug-likeness (QED) is 0.837. The third kappa shape index (κ3) is 2.91. The molecule has 0 amide bonds. The van der Waals surface area contributed by atoms with Crippen LogP contribution in [0.4, 0.5) is 0 Å². The average Bonchev–Trinajstić information content (AvgIpc) is 2.39. The smallest absolute Gasteiger partial charge is 0.0341 e. The van der Waals surface area contributed by atoms with Gasteiger partial charge in [0.1, 0.15) is 0 Å². The molecule has 102 valence electrons. The fourth-order valence-corrected chi connectivity index (χ4v) is 2.86. The van der Waals surface area contributed by atoms with Gasteiger partial charge in [-0.25, -0.2) is 0 Å². The van der Waals surface area contributed by atoms with E-state index in [0.717, 1.165) is 12.1 Å². The highest BCUT2D eigenvalue weighted by atomic mass is 14.6. The van der Waals surface area contributed by atoms with E-state index in [1.165, 1.54) is 16.7 Å². The molecular weight excluding hydrogens is 230 g/mol. The number of benzene rings is 1. The summed E-state index contributed by atoms with van der Waals surface area (Å²) in [7, 11) is 0. The molecule has 0 spiro atoms. The monoisotopic (exact) mass is 255 g/mol. The molecule has 0 heterocycles. The van der Waals surface area contributed by atoms with Crippen LogP contribution >= 0.6 is 0 Å². The molecule has 0 aromatic heterocycles. The minimum absolute atomic E-state index is 0.475. The van der Waals surface area contributed by atoms with Gasteiger partial charge in [-0.2, -0.15) is 0 Å². The second kappa shape index (κ2) is 5.64. The van der Waals surface area contributed by atoms with Crippen molar-refractivity contribution in [1.29, 1.82) is 0 Å². The lowest BCUT2D eigenvalue weighted by Crippen LogP contribution is -2.19. The summed E-state index contributed by atoms with van der Waals surface area (Å²) in [6.45, 7) is 8.94. The molecule has 0 saturated heterocycles. The minimum Gasteiger partial charge on any atom is -0.399 e. The summed E-state index contributed by atoms with van der Waals surface area (Å²) in [6.07, 6.45) is 3.44. The molecule has 2 rings (SSSR count). The van der Waals surface area contributed by atoms with Crippen molar-refractivity contribution < 1.29 is 0 Å². The van der Waals surface area contributed by atoms with Crippen LogP contribution in [0.2, 0.25) is 0 Å². The predicted octanol–water partition coefficient (Wildman–Crippen LogP) is 4.63. The van der Waals surface area contributed by atoms with Crippen LogP contribution in [0.5, 0.6) is 0 Å². The standard InChI is InChI=1S/C18H25N/c1-12(2)16-10-15(14-8-6-5-7-9-14)11-17(13(3)4)18(16)19/h5-10,12-13,15H,11,19H2,1-4H3. The number of nitrogens with two attached hydrogens (primary N) is 1. The van der Waals surface area contributed by atoms with E-state index in [2.05, 4.69) is 64.1 Å². The molecule has 1 aliphatic carbocycles. The maximum atomic E-state index is 6.38. The molecule has 1 aromatic rings. The highest BCUT2D eigenvalue weighted by Gasteiger charge is 2.24. The highest BCUT2D eigenvalue weighted by Crippen LogP contribution is 2.38. The summed E-state index contributed by atoms with van der Waals surface area (Å²) < 4.78 is 0. The Morgan fingerprint density at radius 2 is 1.63 bits per heavy atom. The summed E-state index contributed by atoms with van der Waals surface area (Å²) >= 11 is 0. The molecule has 19 heavy (non-hydrogen) atoms. The molecule has 1 unspecified atom stereocenters. The van der Waals surface area contributed by atoms with Crippen LogP contribution < -0.4 is 5.73 Å². The number of allylic oxidation sites excluding steroid dienone is 3. The van der Waals surface area contributed by atoms with Crippen molar-refractivity contribution in [3.63, 3.8) is 0 Å². The van der Waals surface area contributed by atoms with Gasteiger partial charge in [-0.15, -0.1) is 0 Å². The first-order valence-corrected chi connectivity index (χ1v) is 7.26. The molecule has 1 heteroatoms. The molecule has 1 aliphatic rings. The molecule has 1 aromatic carbocycles. The average molecular weight is 255 g/mol. The molecule has 0 fully saturated rings. The van der Waals surface area contributed by atoms with Crippen molar-refractivity contribution >= 4 is 0 Å². The molecular formula is C18H25N. The maximum absolute atomic E-state index is 6.38. The Hall–Kier alpha value is -1.50. The largest absolute Gasteiger partial charge is 0.399 e. The van der Waals surface area contributed by atoms with Gasteiger partial charge in [0, 0.05) is 11.6 Å². The Kier molecular flexibility index (Phi) is 4.14. The van der Waals surface area contributed by atoms with Gasteiger partial charge in [-0.05, 0) is 35.0 Å². The Morgan fingerprint density at radius 1 is 1.00 bits per heavy atom. The molecule has 0 aliphatic heterocycles. The lowest BCUT2D eigenvalue weighted by molar-refractivity contribution is 0.631. The van der Waals surface area contributed by atoms with E-state index in [4.69, 9.17) is 5.73 Å². The molecule has 1 nitrogen and oxygen atoms in total. The zero-order valence-electron chi connectivity index (χ0n) is 12.5. The first-order chi connectivity index (χ1) is 9.00. The van der Waals surface area contributed by atoms with Gasteiger partial charge in [0.25, 0.3) is 0 Å². The molecule has 2 N–H and O–H groups in total. The fraction of sp³-hybridized carbons (Fsp3) is 0.444. The SMILES string of the molecule is CC(C)C1=CC(c2ccccc2)CC(C(C)C)=C1N. The fourth-order valence-electron chi connectivity index (χ4n) is 2.86. The van der Waals surface area contributed by atoms with Gasteiger partial charge in [0.15, 0.2) is 0 Å². The minimum atomic E-state index is 0.475. The van der Waals surface area contributed by atoms with Crippen molar-refractivity contribution in [2.45, 2.75) is 40.0 Å². The van der Waals surface area contributed by atoms with Crippen LogP contribution in [0.1, 0.15) is 45.6 Å². The Bertz CT molecular complexity index is 492. The van der Waals surface area contributed by atoms with Crippen molar-refractivity contribution in [3.05, 3.63) is 58.8 Å². The van der Waals surface area contributed by atoms with Crippen molar-refractivity contribution in [2.75, 3.05) is 0 Å². The van der Waals surface area contributed by atoms with E-state index in [9.17, 15) is 0 Å². The van der Waals surface area contributed by atoms with E-state index in [1.807, 2.05) is 0 Å². The van der Waals surface area contributed by atoms with E-state index in [-0.39, 0.29) is 0 Å². The van der Waals surface area contributed by atoms with Crippen LogP contribution in [-0.4, -0.2) is 0 Å². The van der Waals surface area contributed by atoms with Crippen LogP contribution in [-0.2, 0) is 0 Å². The second-order valence-corrected chi connectivity index (χ2v) is 6.09. The molecule has 0 radical (unpaired) electrons. The summed E-state index contributed by atoms with van der Waals surface area (Å²) in [5, 5.41) is 0. The van der Waals surface area contributed by atoms with E-state index in [0.29, 0.717) is 17.8 Å². The first kappa shape index (κ1) is 13.9. The highest BCUT2D eigenvalue weighted by molar-refractivity contribution is 5.43.